The second-order valence-corrected chi connectivity index (χ2v) is 7.34. The van der Waals surface area contributed by atoms with Gasteiger partial charge in [0.15, 0.2) is 4.77 Å². The van der Waals surface area contributed by atoms with Crippen LogP contribution in [0.25, 0.3) is 11.0 Å². The molecule has 0 radical (unpaired) electrons. The molecule has 6 heteroatoms. The van der Waals surface area contributed by atoms with Crippen molar-refractivity contribution >= 4 is 45.8 Å². The first kappa shape index (κ1) is 15.4. The minimum absolute atomic E-state index is 0.184. The number of fused-ring (bicyclic) bond motifs is 1. The van der Waals surface area contributed by atoms with Crippen LogP contribution in [0.3, 0.4) is 0 Å². The average Bonchev–Trinajstić information content (AvgIpc) is 2.75. The van der Waals surface area contributed by atoms with Crippen molar-refractivity contribution in [2.24, 2.45) is 0 Å². The number of hydrogen-bond donors (Lipinski definition) is 1. The molecule has 1 aromatic heterocycles. The summed E-state index contributed by atoms with van der Waals surface area (Å²) in [5.74, 6) is -0.184. The van der Waals surface area contributed by atoms with E-state index in [9.17, 15) is 4.39 Å². The van der Waals surface area contributed by atoms with E-state index in [1.165, 1.54) is 19.3 Å². The summed E-state index contributed by atoms with van der Waals surface area (Å²) in [6.45, 7) is 5.45. The van der Waals surface area contributed by atoms with Crippen LogP contribution in [0.5, 0.6) is 0 Å². The van der Waals surface area contributed by atoms with Gasteiger partial charge >= 0.3 is 0 Å². The molecule has 0 spiro atoms. The average molecular weight is 419 g/mol. The molecular weight excluding hydrogens is 400 g/mol. The molecule has 0 saturated carbocycles. The van der Waals surface area contributed by atoms with E-state index in [1.807, 2.05) is 28.7 Å². The topological polar surface area (TPSA) is 24.0 Å². The lowest BCUT2D eigenvalue weighted by molar-refractivity contribution is 0.202. The van der Waals surface area contributed by atoms with Crippen molar-refractivity contribution in [2.45, 2.75) is 32.2 Å². The van der Waals surface area contributed by atoms with Crippen LogP contribution in [-0.2, 0) is 0 Å². The highest BCUT2D eigenvalue weighted by atomic mass is 127. The molecule has 1 aliphatic heterocycles. The maximum Gasteiger partial charge on any atom is 0.178 e. The maximum atomic E-state index is 13.9. The zero-order valence-corrected chi connectivity index (χ0v) is 15.0. The molecule has 2 heterocycles. The smallest absolute Gasteiger partial charge is 0.178 e. The van der Waals surface area contributed by atoms with Gasteiger partial charge in [-0.25, -0.2) is 4.39 Å². The Labute approximate surface area is 142 Å². The van der Waals surface area contributed by atoms with E-state index in [0.29, 0.717) is 8.34 Å². The van der Waals surface area contributed by atoms with E-state index in [4.69, 9.17) is 12.2 Å². The van der Waals surface area contributed by atoms with Crippen LogP contribution in [-0.4, -0.2) is 34.1 Å². The van der Waals surface area contributed by atoms with Crippen LogP contribution in [0.1, 0.15) is 32.2 Å². The Morgan fingerprint density at radius 1 is 1.33 bits per heavy atom. The van der Waals surface area contributed by atoms with Crippen LogP contribution in [0.15, 0.2) is 12.1 Å². The third kappa shape index (κ3) is 3.17. The highest BCUT2D eigenvalue weighted by Gasteiger charge is 2.18. The van der Waals surface area contributed by atoms with Crippen LogP contribution in [0, 0.1) is 14.2 Å². The molecule has 114 valence electrons. The summed E-state index contributed by atoms with van der Waals surface area (Å²) < 4.78 is 17.2. The van der Waals surface area contributed by atoms with Gasteiger partial charge in [-0.2, -0.15) is 0 Å². The molecule has 21 heavy (non-hydrogen) atoms. The third-order valence-corrected chi connectivity index (χ3v) is 5.30. The van der Waals surface area contributed by atoms with Crippen molar-refractivity contribution in [1.82, 2.24) is 14.5 Å². The fourth-order valence-electron chi connectivity index (χ4n) is 3.16. The first-order chi connectivity index (χ1) is 10.1. The highest BCUT2D eigenvalue weighted by molar-refractivity contribution is 14.1. The Morgan fingerprint density at radius 2 is 2.05 bits per heavy atom. The monoisotopic (exact) mass is 419 g/mol. The van der Waals surface area contributed by atoms with E-state index in [-0.39, 0.29) is 11.9 Å². The van der Waals surface area contributed by atoms with E-state index >= 15 is 0 Å². The van der Waals surface area contributed by atoms with Crippen molar-refractivity contribution < 1.29 is 4.39 Å². The van der Waals surface area contributed by atoms with Gasteiger partial charge in [0.2, 0.25) is 0 Å². The van der Waals surface area contributed by atoms with E-state index in [0.717, 1.165) is 30.7 Å². The van der Waals surface area contributed by atoms with E-state index in [2.05, 4.69) is 21.4 Å². The second-order valence-electron chi connectivity index (χ2n) is 5.79. The van der Waals surface area contributed by atoms with Gasteiger partial charge in [-0.1, -0.05) is 6.42 Å². The summed E-state index contributed by atoms with van der Waals surface area (Å²) in [6.07, 6.45) is 3.89. The molecule has 1 unspecified atom stereocenters. The molecule has 3 nitrogen and oxygen atoms in total. The van der Waals surface area contributed by atoms with Gasteiger partial charge in [0, 0.05) is 18.7 Å². The highest BCUT2D eigenvalue weighted by Crippen LogP contribution is 2.24. The number of halogens is 2. The summed E-state index contributed by atoms with van der Waals surface area (Å²) in [7, 11) is 0. The number of likely N-dealkylation sites (tertiary alicyclic amines) is 1. The Hall–Kier alpha value is -0.470. The minimum atomic E-state index is -0.184. The number of aromatic nitrogens is 2. The Bertz CT molecular complexity index is 703. The lowest BCUT2D eigenvalue weighted by Crippen LogP contribution is -2.34. The predicted molar refractivity (Wildman–Crippen MR) is 94.8 cm³/mol. The van der Waals surface area contributed by atoms with Crippen molar-refractivity contribution in [3.8, 4) is 0 Å². The lowest BCUT2D eigenvalue weighted by atomic mass is 10.1. The fourth-order valence-corrected chi connectivity index (χ4v) is 4.01. The number of H-pyrrole nitrogens is 1. The van der Waals surface area contributed by atoms with Crippen LogP contribution in [0.4, 0.5) is 4.39 Å². The zero-order valence-electron chi connectivity index (χ0n) is 12.0. The van der Waals surface area contributed by atoms with Gasteiger partial charge in [-0.15, -0.1) is 0 Å². The third-order valence-electron chi connectivity index (χ3n) is 4.17. The normalized spacial score (nSPS) is 18.2. The standard InChI is InChI=1S/C15H19FIN3S/c1-10(9-19-5-3-2-4-6-19)20-14-7-11(16)12(17)8-13(14)18-15(20)21/h7-8,10H,2-6,9H2,1H3,(H,18,21). The first-order valence-electron chi connectivity index (χ1n) is 7.38. The fraction of sp³-hybridized carbons (Fsp3) is 0.533. The lowest BCUT2D eigenvalue weighted by Gasteiger charge is -2.29. The van der Waals surface area contributed by atoms with Gasteiger partial charge in [-0.05, 0) is 73.7 Å². The molecule has 2 aromatic rings. The number of benzene rings is 1. The molecule has 0 bridgehead atoms. The summed E-state index contributed by atoms with van der Waals surface area (Å²) >= 11 is 7.46. The van der Waals surface area contributed by atoms with E-state index in [1.54, 1.807) is 6.07 Å². The van der Waals surface area contributed by atoms with Gasteiger partial charge in [-0.3, -0.25) is 0 Å². The molecule has 0 amide bonds. The molecule has 1 atom stereocenters. The number of rotatable bonds is 3. The Balaban J connectivity index is 1.93. The Morgan fingerprint density at radius 3 is 2.76 bits per heavy atom. The molecule has 1 fully saturated rings. The molecular formula is C15H19FIN3S. The van der Waals surface area contributed by atoms with Crippen molar-refractivity contribution in [2.75, 3.05) is 19.6 Å². The Kier molecular flexibility index (Phi) is 4.66. The molecule has 3 rings (SSSR count). The van der Waals surface area contributed by atoms with Crippen molar-refractivity contribution in [3.63, 3.8) is 0 Å². The molecule has 1 N–H and O–H groups in total. The minimum Gasteiger partial charge on any atom is -0.331 e. The molecule has 1 aliphatic rings. The van der Waals surface area contributed by atoms with Gasteiger partial charge < -0.3 is 14.5 Å². The van der Waals surface area contributed by atoms with Crippen LogP contribution < -0.4 is 0 Å². The number of nitrogens with one attached hydrogen (secondary N) is 1. The number of piperidine rings is 1. The SMILES string of the molecule is CC(CN1CCCCC1)n1c(=S)[nH]c2cc(I)c(F)cc21. The largest absolute Gasteiger partial charge is 0.331 e. The quantitative estimate of drug-likeness (QED) is 0.586. The van der Waals surface area contributed by atoms with Crippen LogP contribution >= 0.6 is 34.8 Å². The van der Waals surface area contributed by atoms with Gasteiger partial charge in [0.05, 0.1) is 14.6 Å². The van der Waals surface area contributed by atoms with E-state index < -0.39 is 0 Å². The first-order valence-corrected chi connectivity index (χ1v) is 8.86. The summed E-state index contributed by atoms with van der Waals surface area (Å²) in [4.78, 5) is 5.69. The molecule has 0 aliphatic carbocycles. The van der Waals surface area contributed by atoms with Crippen molar-refractivity contribution in [1.29, 1.82) is 0 Å². The summed E-state index contributed by atoms with van der Waals surface area (Å²) in [5.41, 5.74) is 1.78. The second kappa shape index (κ2) is 6.34. The predicted octanol–water partition coefficient (Wildman–Crippen LogP) is 4.49. The number of nitrogens with zero attached hydrogens (tertiary/aromatic N) is 2. The summed E-state index contributed by atoms with van der Waals surface area (Å²) in [5, 5.41) is 0. The maximum absolute atomic E-state index is 13.9. The summed E-state index contributed by atoms with van der Waals surface area (Å²) in [6, 6.07) is 3.66. The van der Waals surface area contributed by atoms with Gasteiger partial charge in [0.25, 0.3) is 0 Å². The molecule has 1 saturated heterocycles. The number of imidazole rings is 1. The van der Waals surface area contributed by atoms with Crippen molar-refractivity contribution in [3.05, 3.63) is 26.3 Å². The number of hydrogen-bond acceptors (Lipinski definition) is 2. The number of aromatic amines is 1. The zero-order chi connectivity index (χ0) is 15.0. The molecule has 1 aromatic carbocycles. The van der Waals surface area contributed by atoms with Crippen LogP contribution in [0.2, 0.25) is 0 Å². The van der Waals surface area contributed by atoms with Gasteiger partial charge in [0.1, 0.15) is 5.82 Å².